The molecule has 54 heavy (non-hydrogen) atoms. The number of amides is 1. The molecule has 0 aliphatic carbocycles. The number of ether oxygens (including phenoxy) is 8. The second-order valence-corrected chi connectivity index (χ2v) is 11.9. The van der Waals surface area contributed by atoms with Crippen molar-refractivity contribution < 1.29 is 47.8 Å². The third-order valence-corrected chi connectivity index (χ3v) is 7.38. The first kappa shape index (κ1) is 47.2. The van der Waals surface area contributed by atoms with E-state index in [1.54, 1.807) is 42.6 Å². The summed E-state index contributed by atoms with van der Waals surface area (Å²) in [6, 6.07) is 13.5. The largest absolute Gasteiger partial charge is 0.508 e. The van der Waals surface area contributed by atoms with Crippen LogP contribution in [0, 0.1) is 0 Å². The van der Waals surface area contributed by atoms with E-state index in [4.69, 9.17) is 60.2 Å². The van der Waals surface area contributed by atoms with Crippen LogP contribution in [0.1, 0.15) is 18.9 Å². The number of aliphatic imine (C=N–C) groups is 1. The van der Waals surface area contributed by atoms with E-state index >= 15 is 0 Å². The first-order valence-electron chi connectivity index (χ1n) is 18.4. The molecule has 2 rings (SSSR count). The molecule has 2 unspecified atom stereocenters. The highest BCUT2D eigenvalue weighted by Gasteiger charge is 2.23. The lowest BCUT2D eigenvalue weighted by molar-refractivity contribution is -0.121. The number of hydrogen-bond donors (Lipinski definition) is 6. The second kappa shape index (κ2) is 33.4. The molecule has 0 saturated heterocycles. The van der Waals surface area contributed by atoms with Gasteiger partial charge in [0, 0.05) is 36.6 Å². The maximum atomic E-state index is 13.0. The van der Waals surface area contributed by atoms with Gasteiger partial charge in [-0.1, -0.05) is 30.7 Å². The third-order valence-electron chi connectivity index (χ3n) is 7.12. The van der Waals surface area contributed by atoms with Crippen molar-refractivity contribution >= 4 is 29.4 Å². The molecule has 0 saturated carbocycles. The van der Waals surface area contributed by atoms with E-state index in [1.807, 2.05) is 19.1 Å². The molecular formula is C37H61ClN6O10. The van der Waals surface area contributed by atoms with Crippen LogP contribution in [0.3, 0.4) is 0 Å². The maximum Gasteiger partial charge on any atom is 0.222 e. The number of aromatic hydroxyl groups is 1. The van der Waals surface area contributed by atoms with E-state index in [0.29, 0.717) is 130 Å². The molecule has 0 aromatic heterocycles. The van der Waals surface area contributed by atoms with Crippen molar-refractivity contribution in [3.05, 3.63) is 59.1 Å². The van der Waals surface area contributed by atoms with Gasteiger partial charge in [-0.3, -0.25) is 15.2 Å². The Morgan fingerprint density at radius 3 is 1.65 bits per heavy atom. The zero-order chi connectivity index (χ0) is 38.7. The summed E-state index contributed by atoms with van der Waals surface area (Å²) in [6.45, 7) is 11.0. The van der Waals surface area contributed by atoms with Crippen LogP contribution < -0.4 is 27.2 Å². The van der Waals surface area contributed by atoms with E-state index in [0.717, 1.165) is 11.3 Å². The Labute approximate surface area is 324 Å². The first-order chi connectivity index (χ1) is 26.5. The van der Waals surface area contributed by atoms with Gasteiger partial charge in [-0.15, -0.1) is 0 Å². The molecule has 0 heterocycles. The molecule has 0 bridgehead atoms. The predicted molar refractivity (Wildman–Crippen MR) is 208 cm³/mol. The van der Waals surface area contributed by atoms with Crippen LogP contribution >= 0.6 is 11.6 Å². The van der Waals surface area contributed by atoms with Crippen LogP contribution in [0.4, 0.5) is 5.69 Å². The Hall–Kier alpha value is -2.97. The van der Waals surface area contributed by atoms with Gasteiger partial charge in [0.25, 0.3) is 0 Å². The van der Waals surface area contributed by atoms with E-state index in [-0.39, 0.29) is 18.1 Å². The fourth-order valence-electron chi connectivity index (χ4n) is 4.41. The smallest absolute Gasteiger partial charge is 0.222 e. The number of hydrogen-bond acceptors (Lipinski definition) is 15. The minimum atomic E-state index is -0.503. The van der Waals surface area contributed by atoms with Crippen molar-refractivity contribution in [3.8, 4) is 5.75 Å². The minimum Gasteiger partial charge on any atom is -0.508 e. The first-order valence-corrected chi connectivity index (χ1v) is 18.8. The lowest BCUT2D eigenvalue weighted by atomic mass is 10.1. The number of carbonyl (C=O) groups excluding carboxylic acids is 1. The number of phenols is 1. The van der Waals surface area contributed by atoms with Crippen molar-refractivity contribution in [2.45, 2.75) is 25.6 Å². The molecule has 0 aliphatic rings. The fourth-order valence-corrected chi connectivity index (χ4v) is 4.54. The molecule has 16 nitrogen and oxygen atoms in total. The molecule has 7 N–H and O–H groups in total. The van der Waals surface area contributed by atoms with Gasteiger partial charge in [0.2, 0.25) is 5.91 Å². The van der Waals surface area contributed by atoms with Crippen LogP contribution in [0.15, 0.2) is 53.5 Å². The van der Waals surface area contributed by atoms with Crippen molar-refractivity contribution in [2.24, 2.45) is 10.7 Å². The normalized spacial score (nSPS) is 12.6. The summed E-state index contributed by atoms with van der Waals surface area (Å²) in [7, 11) is 0. The fraction of sp³-hybridized carbons (Fsp3) is 0.622. The number of halogens is 1. The van der Waals surface area contributed by atoms with E-state index in [1.165, 1.54) is 0 Å². The van der Waals surface area contributed by atoms with Crippen molar-refractivity contribution in [1.82, 2.24) is 16.2 Å². The van der Waals surface area contributed by atoms with Crippen LogP contribution in [0.5, 0.6) is 5.75 Å². The van der Waals surface area contributed by atoms with Gasteiger partial charge in [-0.25, -0.2) is 5.43 Å². The molecule has 2 aromatic carbocycles. The van der Waals surface area contributed by atoms with Gasteiger partial charge in [0.15, 0.2) is 0 Å². The Kier molecular flexibility index (Phi) is 29.2. The summed E-state index contributed by atoms with van der Waals surface area (Å²) in [5.41, 5.74) is 13.3. The molecule has 0 radical (unpaired) electrons. The van der Waals surface area contributed by atoms with Gasteiger partial charge in [0.05, 0.1) is 118 Å². The van der Waals surface area contributed by atoms with Crippen molar-refractivity contribution in [1.29, 1.82) is 0 Å². The Morgan fingerprint density at radius 2 is 1.19 bits per heavy atom. The number of anilines is 1. The summed E-state index contributed by atoms with van der Waals surface area (Å²) in [6.07, 6.45) is 1.36. The topological polar surface area (TPSA) is 198 Å². The summed E-state index contributed by atoms with van der Waals surface area (Å²) in [4.78, 5) is 17.7. The molecule has 0 fully saturated rings. The number of carbonyl (C=O) groups is 1. The van der Waals surface area contributed by atoms with Crippen molar-refractivity contribution in [3.63, 3.8) is 0 Å². The zero-order valence-electron chi connectivity index (χ0n) is 31.5. The van der Waals surface area contributed by atoms with Gasteiger partial charge in [0.1, 0.15) is 11.9 Å². The lowest BCUT2D eigenvalue weighted by Crippen LogP contribution is -2.52. The second-order valence-electron chi connectivity index (χ2n) is 11.5. The van der Waals surface area contributed by atoms with Crippen molar-refractivity contribution in [2.75, 3.05) is 131 Å². The quantitative estimate of drug-likeness (QED) is 0.0193. The molecule has 2 aromatic rings. The lowest BCUT2D eigenvalue weighted by Gasteiger charge is -2.27. The Bertz CT molecular complexity index is 1200. The number of rotatable bonds is 36. The standard InChI is InChI=1S/C37H61ClN6O10/c1-2-42-44-37(43-33-7-9-34(45)10-8-33)35(41-30-31-3-5-32(38)6-4-31)29-36(46)40-12-14-48-16-18-50-20-22-52-24-26-54-28-27-53-25-23-51-21-19-49-17-15-47-13-11-39/h3-10,30,35,37,42-45H,2,11-29,39H2,1H3,(H,40,46). The van der Waals surface area contributed by atoms with Crippen LogP contribution in [0.2, 0.25) is 5.02 Å². The highest BCUT2D eigenvalue weighted by Crippen LogP contribution is 2.17. The molecule has 0 aliphatic heterocycles. The Balaban J connectivity index is 1.50. The van der Waals surface area contributed by atoms with Crippen LogP contribution in [-0.4, -0.2) is 155 Å². The number of benzene rings is 2. The van der Waals surface area contributed by atoms with E-state index < -0.39 is 12.2 Å². The zero-order valence-corrected chi connectivity index (χ0v) is 32.3. The average Bonchev–Trinajstić information content (AvgIpc) is 3.17. The monoisotopic (exact) mass is 784 g/mol. The van der Waals surface area contributed by atoms with Crippen LogP contribution in [0.25, 0.3) is 0 Å². The van der Waals surface area contributed by atoms with Gasteiger partial charge in [-0.05, 0) is 42.0 Å². The average molecular weight is 785 g/mol. The molecule has 0 spiro atoms. The number of nitrogens with two attached hydrogens (primary N) is 1. The molecule has 17 heteroatoms. The number of phenolic OH excluding ortho intramolecular Hbond substituents is 1. The minimum absolute atomic E-state index is 0.0977. The SMILES string of the molecule is CCNNC(Nc1ccc(O)cc1)C(CC(=O)NCCOCCOCCOCCOCCOCCOCCOCCOCCN)N=Cc1ccc(Cl)cc1. The van der Waals surface area contributed by atoms with E-state index in [2.05, 4.69) is 21.5 Å². The van der Waals surface area contributed by atoms with Gasteiger partial charge >= 0.3 is 0 Å². The summed E-state index contributed by atoms with van der Waals surface area (Å²) < 4.78 is 43.7. The van der Waals surface area contributed by atoms with Gasteiger partial charge in [-0.2, -0.15) is 0 Å². The van der Waals surface area contributed by atoms with Crippen LogP contribution in [-0.2, 0) is 42.7 Å². The van der Waals surface area contributed by atoms with E-state index in [9.17, 15) is 9.90 Å². The third kappa shape index (κ3) is 25.9. The summed E-state index contributed by atoms with van der Waals surface area (Å²) in [5, 5.41) is 16.6. The Morgan fingerprint density at radius 1 is 0.722 bits per heavy atom. The number of nitrogens with one attached hydrogen (secondary N) is 4. The highest BCUT2D eigenvalue weighted by atomic mass is 35.5. The van der Waals surface area contributed by atoms with Gasteiger partial charge < -0.3 is 59.4 Å². The molecule has 306 valence electrons. The highest BCUT2D eigenvalue weighted by molar-refractivity contribution is 6.30. The summed E-state index contributed by atoms with van der Waals surface area (Å²) in [5.74, 6) is -0.0209. The molecule has 1 amide bonds. The molecule has 2 atom stereocenters. The number of nitrogens with zero attached hydrogens (tertiary/aromatic N) is 1. The molecular weight excluding hydrogens is 724 g/mol. The summed E-state index contributed by atoms with van der Waals surface area (Å²) >= 11 is 6.04. The number of hydrazine groups is 1. The maximum absolute atomic E-state index is 13.0. The predicted octanol–water partition coefficient (Wildman–Crippen LogP) is 1.98.